The molecular weight excluding hydrogens is 360 g/mol. The summed E-state index contributed by atoms with van der Waals surface area (Å²) in [5, 5.41) is 13.7. The zero-order valence-electron chi connectivity index (χ0n) is 16.6. The van der Waals surface area contributed by atoms with E-state index >= 15 is 0 Å². The lowest BCUT2D eigenvalue weighted by Gasteiger charge is -2.35. The number of aromatic nitrogens is 4. The predicted molar refractivity (Wildman–Crippen MR) is 107 cm³/mol. The van der Waals surface area contributed by atoms with Crippen LogP contribution in [0.1, 0.15) is 44.6 Å². The van der Waals surface area contributed by atoms with Gasteiger partial charge >= 0.3 is 0 Å². The number of rotatable bonds is 7. The van der Waals surface area contributed by atoms with E-state index in [0.29, 0.717) is 0 Å². The molecule has 2 N–H and O–H groups in total. The van der Waals surface area contributed by atoms with Crippen molar-refractivity contribution >= 4 is 11.6 Å². The molecule has 0 radical (unpaired) electrons. The lowest BCUT2D eigenvalue weighted by atomic mass is 9.99. The van der Waals surface area contributed by atoms with Gasteiger partial charge in [0, 0.05) is 5.56 Å². The average Bonchev–Trinajstić information content (AvgIpc) is 3.15. The lowest BCUT2D eigenvalue weighted by molar-refractivity contribution is -1.02. The summed E-state index contributed by atoms with van der Waals surface area (Å²) in [6.45, 7) is 15.8. The van der Waals surface area contributed by atoms with E-state index in [1.165, 1.54) is 4.90 Å². The van der Waals surface area contributed by atoms with E-state index in [1.54, 1.807) is 4.90 Å². The minimum absolute atomic E-state index is 0.0322. The Hall–Kier alpha value is -1.76. The van der Waals surface area contributed by atoms with Crippen molar-refractivity contribution in [3.05, 3.63) is 53.3 Å². The fourth-order valence-electron chi connectivity index (χ4n) is 3.83. The second-order valence-electron chi connectivity index (χ2n) is 7.97. The van der Waals surface area contributed by atoms with Gasteiger partial charge in [0.05, 0.1) is 17.1 Å². The molecule has 1 saturated heterocycles. The van der Waals surface area contributed by atoms with E-state index in [-0.39, 0.29) is 11.6 Å². The van der Waals surface area contributed by atoms with Crippen LogP contribution in [0.4, 0.5) is 0 Å². The zero-order valence-corrected chi connectivity index (χ0v) is 17.3. The molecule has 0 unspecified atom stereocenters. The monoisotopic (exact) mass is 390 g/mol. The van der Waals surface area contributed by atoms with Gasteiger partial charge < -0.3 is 9.80 Å². The predicted octanol–water partition coefficient (Wildman–Crippen LogP) is 0.530. The van der Waals surface area contributed by atoms with E-state index < -0.39 is 0 Å². The van der Waals surface area contributed by atoms with Gasteiger partial charge in [0.1, 0.15) is 26.2 Å². The summed E-state index contributed by atoms with van der Waals surface area (Å²) in [6, 6.07) is 8.13. The summed E-state index contributed by atoms with van der Waals surface area (Å²) in [7, 11) is 0. The number of piperazine rings is 1. The molecule has 2 aromatic rings. The van der Waals surface area contributed by atoms with Crippen LogP contribution in [0.3, 0.4) is 0 Å². The minimum Gasteiger partial charge on any atom is -0.322 e. The Kier molecular flexibility index (Phi) is 6.29. The molecule has 0 bridgehead atoms. The fraction of sp³-hybridized carbons (Fsp3) is 0.550. The number of hydrogen-bond acceptors (Lipinski definition) is 3. The molecule has 146 valence electrons. The molecule has 1 fully saturated rings. The number of nitrogens with zero attached hydrogens (tertiary/aromatic N) is 4. The Balaban J connectivity index is 1.99. The van der Waals surface area contributed by atoms with Gasteiger partial charge in [-0.3, -0.25) is 0 Å². The van der Waals surface area contributed by atoms with E-state index in [1.807, 2.05) is 29.0 Å². The van der Waals surface area contributed by atoms with Crippen LogP contribution in [0.2, 0.25) is 5.02 Å². The van der Waals surface area contributed by atoms with E-state index in [2.05, 4.69) is 48.9 Å². The number of benzene rings is 1. The number of halogens is 1. The summed E-state index contributed by atoms with van der Waals surface area (Å²) >= 11 is 6.62. The van der Waals surface area contributed by atoms with Crippen LogP contribution in [-0.4, -0.2) is 52.9 Å². The molecule has 1 aliphatic heterocycles. The topological polar surface area (TPSA) is 52.5 Å². The second-order valence-corrected chi connectivity index (χ2v) is 8.38. The fourth-order valence-corrected chi connectivity index (χ4v) is 4.07. The standard InChI is InChI=1S/C20H29ClN6/c1-5-11-25-12-14-26(15-13-25)18(16-9-7-8-10-17(16)21)19-22-23-24-27(19)20(3,4)6-2/h5,7-10,18H,1,6,11-15H2,2-4H3/p+2/t18-/m1/s1. The normalized spacial score (nSPS) is 21.8. The highest BCUT2D eigenvalue weighted by Gasteiger charge is 2.38. The van der Waals surface area contributed by atoms with Crippen molar-refractivity contribution in [2.45, 2.75) is 38.8 Å². The van der Waals surface area contributed by atoms with Crippen molar-refractivity contribution in [3.8, 4) is 0 Å². The first kappa shape index (κ1) is 20.0. The molecule has 0 spiro atoms. The van der Waals surface area contributed by atoms with Gasteiger partial charge in [0.15, 0.2) is 6.04 Å². The van der Waals surface area contributed by atoms with E-state index in [4.69, 9.17) is 11.6 Å². The van der Waals surface area contributed by atoms with Gasteiger partial charge in [-0.25, -0.2) is 4.68 Å². The van der Waals surface area contributed by atoms with Crippen LogP contribution >= 0.6 is 11.6 Å². The Morgan fingerprint density at radius 2 is 1.96 bits per heavy atom. The van der Waals surface area contributed by atoms with Crippen LogP contribution in [-0.2, 0) is 5.54 Å². The molecule has 1 aliphatic rings. The summed E-state index contributed by atoms with van der Waals surface area (Å²) in [5.41, 5.74) is 0.956. The van der Waals surface area contributed by atoms with Crippen molar-refractivity contribution in [1.29, 1.82) is 0 Å². The van der Waals surface area contributed by atoms with Crippen molar-refractivity contribution in [1.82, 2.24) is 20.2 Å². The molecule has 7 heteroatoms. The summed E-state index contributed by atoms with van der Waals surface area (Å²) in [4.78, 5) is 3.05. The third-order valence-electron chi connectivity index (χ3n) is 5.85. The van der Waals surface area contributed by atoms with Gasteiger partial charge in [-0.1, -0.05) is 43.3 Å². The van der Waals surface area contributed by atoms with Crippen molar-refractivity contribution < 1.29 is 9.80 Å². The van der Waals surface area contributed by atoms with Crippen molar-refractivity contribution in [2.75, 3.05) is 32.7 Å². The van der Waals surface area contributed by atoms with Gasteiger partial charge in [-0.2, -0.15) is 0 Å². The smallest absolute Gasteiger partial charge is 0.214 e. The Morgan fingerprint density at radius 3 is 2.59 bits per heavy atom. The SMILES string of the molecule is C=CC[NH+]1CC[NH+]([C@H](c2ccccc2Cl)c2nnnn2C(C)(C)CC)CC1. The quantitative estimate of drug-likeness (QED) is 0.678. The summed E-state index contributed by atoms with van der Waals surface area (Å²) in [6.07, 6.45) is 2.96. The van der Waals surface area contributed by atoms with Crippen LogP contribution in [0.5, 0.6) is 0 Å². The first-order valence-corrected chi connectivity index (χ1v) is 10.2. The first-order valence-electron chi connectivity index (χ1n) is 9.80. The molecule has 0 aliphatic carbocycles. The maximum atomic E-state index is 6.62. The first-order chi connectivity index (χ1) is 13.0. The molecule has 27 heavy (non-hydrogen) atoms. The number of hydrogen-bond donors (Lipinski definition) is 2. The third-order valence-corrected chi connectivity index (χ3v) is 6.19. The highest BCUT2D eigenvalue weighted by Crippen LogP contribution is 2.28. The molecule has 1 aromatic carbocycles. The molecule has 2 heterocycles. The van der Waals surface area contributed by atoms with Crippen LogP contribution in [0, 0.1) is 0 Å². The molecule has 1 aromatic heterocycles. The number of nitrogens with one attached hydrogen (secondary N) is 2. The van der Waals surface area contributed by atoms with Crippen LogP contribution in [0.25, 0.3) is 0 Å². The Morgan fingerprint density at radius 1 is 1.26 bits per heavy atom. The maximum absolute atomic E-state index is 6.62. The third kappa shape index (κ3) is 4.23. The molecule has 1 atom stereocenters. The highest BCUT2D eigenvalue weighted by molar-refractivity contribution is 6.31. The van der Waals surface area contributed by atoms with E-state index in [9.17, 15) is 0 Å². The van der Waals surface area contributed by atoms with Gasteiger partial charge in [-0.15, -0.1) is 5.10 Å². The number of quaternary nitrogens is 2. The Labute approximate surface area is 166 Å². The van der Waals surface area contributed by atoms with Crippen molar-refractivity contribution in [3.63, 3.8) is 0 Å². The molecule has 3 rings (SSSR count). The summed E-state index contributed by atoms with van der Waals surface area (Å²) < 4.78 is 2.00. The molecular formula is C20H31ClN6+2. The number of tetrazole rings is 1. The molecule has 0 saturated carbocycles. The molecule has 0 amide bonds. The minimum atomic E-state index is -0.145. The maximum Gasteiger partial charge on any atom is 0.214 e. The summed E-state index contributed by atoms with van der Waals surface area (Å²) in [5.74, 6) is 0.900. The van der Waals surface area contributed by atoms with Gasteiger partial charge in [-0.05, 0) is 42.8 Å². The highest BCUT2D eigenvalue weighted by atomic mass is 35.5. The lowest BCUT2D eigenvalue weighted by Crippen LogP contribution is -3.28. The largest absolute Gasteiger partial charge is 0.322 e. The zero-order chi connectivity index (χ0) is 19.4. The van der Waals surface area contributed by atoms with Gasteiger partial charge in [0.2, 0.25) is 5.82 Å². The molecule has 6 nitrogen and oxygen atoms in total. The Bertz CT molecular complexity index is 763. The van der Waals surface area contributed by atoms with Crippen LogP contribution in [0.15, 0.2) is 36.9 Å². The van der Waals surface area contributed by atoms with Gasteiger partial charge in [0.25, 0.3) is 0 Å². The van der Waals surface area contributed by atoms with Crippen LogP contribution < -0.4 is 9.80 Å². The van der Waals surface area contributed by atoms with Crippen molar-refractivity contribution in [2.24, 2.45) is 0 Å². The average molecular weight is 391 g/mol. The second kappa shape index (κ2) is 8.50. The van der Waals surface area contributed by atoms with E-state index in [0.717, 1.165) is 55.6 Å².